The molecular formula is C29H33N5O2. The summed E-state index contributed by atoms with van der Waals surface area (Å²) in [5, 5.41) is 15.8. The van der Waals surface area contributed by atoms with Crippen molar-refractivity contribution in [2.75, 3.05) is 25.0 Å². The molecule has 186 valence electrons. The number of carbonyl (C=O) groups excluding carboxylic acids is 2. The van der Waals surface area contributed by atoms with Crippen LogP contribution in [0.2, 0.25) is 0 Å². The third-order valence-corrected chi connectivity index (χ3v) is 7.02. The first-order valence-electron chi connectivity index (χ1n) is 12.4. The van der Waals surface area contributed by atoms with E-state index in [2.05, 4.69) is 21.6 Å². The van der Waals surface area contributed by atoms with Crippen molar-refractivity contribution < 1.29 is 9.59 Å². The third kappa shape index (κ3) is 6.02. The number of nitrogens with one attached hydrogen (secondary N) is 2. The smallest absolute Gasteiger partial charge is 0.239 e. The van der Waals surface area contributed by atoms with Gasteiger partial charge in [0, 0.05) is 24.7 Å². The van der Waals surface area contributed by atoms with Gasteiger partial charge in [0.05, 0.1) is 12.1 Å². The van der Waals surface area contributed by atoms with Crippen molar-refractivity contribution >= 4 is 17.6 Å². The number of carbonyl (C=O) groups is 2. The van der Waals surface area contributed by atoms with E-state index in [1.165, 1.54) is 0 Å². The SMILES string of the molecule is Cc1c(C#N)c(NC(=O)CN2CCC(C(=O)NCc3ccccc3)CC2)n(Cc2ccccc2)c1C. The Labute approximate surface area is 212 Å². The molecule has 36 heavy (non-hydrogen) atoms. The highest BCUT2D eigenvalue weighted by atomic mass is 16.2. The van der Waals surface area contributed by atoms with Crippen molar-refractivity contribution in [3.63, 3.8) is 0 Å². The van der Waals surface area contributed by atoms with Gasteiger partial charge < -0.3 is 15.2 Å². The summed E-state index contributed by atoms with van der Waals surface area (Å²) in [6.07, 6.45) is 1.44. The van der Waals surface area contributed by atoms with Gasteiger partial charge in [-0.1, -0.05) is 60.7 Å². The fraction of sp³-hybridized carbons (Fsp3) is 0.345. The van der Waals surface area contributed by atoms with E-state index in [4.69, 9.17) is 0 Å². The standard InChI is InChI=1S/C29H33N5O2/c1-21-22(2)34(19-24-11-7-4-8-12-24)28(26(21)17-30)32-27(35)20-33-15-13-25(14-16-33)29(36)31-18-23-9-5-3-6-10-23/h3-12,25H,13-16,18-20H2,1-2H3,(H,31,36)(H,32,35). The Kier molecular flexibility index (Phi) is 8.19. The average Bonchev–Trinajstić information content (AvgIpc) is 3.12. The van der Waals surface area contributed by atoms with Crippen LogP contribution in [0.1, 0.15) is 40.8 Å². The van der Waals surface area contributed by atoms with Gasteiger partial charge in [0.15, 0.2) is 0 Å². The molecule has 0 radical (unpaired) electrons. The molecule has 1 aliphatic rings. The van der Waals surface area contributed by atoms with Crippen molar-refractivity contribution in [3.8, 4) is 6.07 Å². The summed E-state index contributed by atoms with van der Waals surface area (Å²) in [5.41, 5.74) is 4.53. The highest BCUT2D eigenvalue weighted by Gasteiger charge is 2.27. The minimum atomic E-state index is -0.148. The summed E-state index contributed by atoms with van der Waals surface area (Å²) >= 11 is 0. The third-order valence-electron chi connectivity index (χ3n) is 7.02. The minimum absolute atomic E-state index is 0.0355. The van der Waals surface area contributed by atoms with Gasteiger partial charge >= 0.3 is 0 Å². The number of nitrogens with zero attached hydrogens (tertiary/aromatic N) is 3. The Hall–Kier alpha value is -3.89. The Balaban J connectivity index is 1.33. The largest absolute Gasteiger partial charge is 0.352 e. The molecule has 0 saturated carbocycles. The normalized spacial score (nSPS) is 14.2. The van der Waals surface area contributed by atoms with E-state index in [1.54, 1.807) is 0 Å². The molecule has 4 rings (SSSR count). The van der Waals surface area contributed by atoms with Crippen LogP contribution in [0.4, 0.5) is 5.82 Å². The molecule has 7 nitrogen and oxygen atoms in total. The molecule has 2 N–H and O–H groups in total. The van der Waals surface area contributed by atoms with E-state index in [1.807, 2.05) is 79.1 Å². The quantitative estimate of drug-likeness (QED) is 0.507. The van der Waals surface area contributed by atoms with Crippen LogP contribution in [0.25, 0.3) is 0 Å². The maximum Gasteiger partial charge on any atom is 0.239 e. The molecule has 0 aliphatic carbocycles. The summed E-state index contributed by atoms with van der Waals surface area (Å²) < 4.78 is 2.00. The first-order chi connectivity index (χ1) is 17.5. The monoisotopic (exact) mass is 483 g/mol. The summed E-state index contributed by atoms with van der Waals surface area (Å²) in [4.78, 5) is 27.7. The maximum absolute atomic E-state index is 13.0. The molecule has 1 fully saturated rings. The molecule has 1 aliphatic heterocycles. The molecule has 0 bridgehead atoms. The Morgan fingerprint density at radius 1 is 0.972 bits per heavy atom. The molecule has 2 aromatic carbocycles. The fourth-order valence-corrected chi connectivity index (χ4v) is 4.75. The highest BCUT2D eigenvalue weighted by molar-refractivity contribution is 5.93. The number of amides is 2. The van der Waals surface area contributed by atoms with Crippen LogP contribution in [0.3, 0.4) is 0 Å². The molecule has 2 amide bonds. The van der Waals surface area contributed by atoms with Gasteiger partial charge in [0.1, 0.15) is 11.9 Å². The zero-order valence-electron chi connectivity index (χ0n) is 21.0. The van der Waals surface area contributed by atoms with E-state index in [0.717, 1.165) is 35.2 Å². The molecule has 0 unspecified atom stereocenters. The summed E-state index contributed by atoms with van der Waals surface area (Å²) in [5.74, 6) is 0.444. The minimum Gasteiger partial charge on any atom is -0.352 e. The zero-order chi connectivity index (χ0) is 25.5. The number of nitriles is 1. The molecule has 1 aromatic heterocycles. The molecule has 2 heterocycles. The number of piperidine rings is 1. The lowest BCUT2D eigenvalue weighted by Gasteiger charge is -2.30. The fourth-order valence-electron chi connectivity index (χ4n) is 4.75. The molecule has 1 saturated heterocycles. The number of benzene rings is 2. The summed E-state index contributed by atoms with van der Waals surface area (Å²) in [6, 6.07) is 22.2. The Morgan fingerprint density at radius 2 is 1.58 bits per heavy atom. The van der Waals surface area contributed by atoms with Crippen LogP contribution in [0.5, 0.6) is 0 Å². The van der Waals surface area contributed by atoms with E-state index >= 15 is 0 Å². The van der Waals surface area contributed by atoms with Crippen molar-refractivity contribution in [3.05, 3.63) is 88.6 Å². The number of aromatic nitrogens is 1. The van der Waals surface area contributed by atoms with Gasteiger partial charge in [-0.25, -0.2) is 0 Å². The topological polar surface area (TPSA) is 90.2 Å². The van der Waals surface area contributed by atoms with E-state index in [0.29, 0.717) is 37.6 Å². The van der Waals surface area contributed by atoms with Gasteiger partial charge in [-0.05, 0) is 56.5 Å². The average molecular weight is 484 g/mol. The number of anilines is 1. The van der Waals surface area contributed by atoms with Crippen molar-refractivity contribution in [2.24, 2.45) is 5.92 Å². The predicted octanol–water partition coefficient (Wildman–Crippen LogP) is 3.99. The summed E-state index contributed by atoms with van der Waals surface area (Å²) in [6.45, 7) is 6.61. The first-order valence-corrected chi connectivity index (χ1v) is 12.4. The second-order valence-corrected chi connectivity index (χ2v) is 9.42. The second-order valence-electron chi connectivity index (χ2n) is 9.42. The van der Waals surface area contributed by atoms with Gasteiger partial charge in [0.2, 0.25) is 11.8 Å². The van der Waals surface area contributed by atoms with Crippen LogP contribution in [0.15, 0.2) is 60.7 Å². The van der Waals surface area contributed by atoms with Gasteiger partial charge in [-0.3, -0.25) is 14.5 Å². The van der Waals surface area contributed by atoms with Gasteiger partial charge in [0.25, 0.3) is 0 Å². The maximum atomic E-state index is 13.0. The predicted molar refractivity (Wildman–Crippen MR) is 140 cm³/mol. The van der Waals surface area contributed by atoms with Crippen LogP contribution in [-0.2, 0) is 22.7 Å². The molecule has 0 spiro atoms. The van der Waals surface area contributed by atoms with E-state index < -0.39 is 0 Å². The van der Waals surface area contributed by atoms with Crippen molar-refractivity contribution in [2.45, 2.75) is 39.8 Å². The van der Waals surface area contributed by atoms with Crippen LogP contribution < -0.4 is 10.6 Å². The second kappa shape index (κ2) is 11.7. The molecular weight excluding hydrogens is 450 g/mol. The highest BCUT2D eigenvalue weighted by Crippen LogP contribution is 2.27. The first kappa shape index (κ1) is 25.2. The number of likely N-dealkylation sites (tertiary alicyclic amines) is 1. The van der Waals surface area contributed by atoms with E-state index in [-0.39, 0.29) is 24.3 Å². The number of hydrogen-bond donors (Lipinski definition) is 2. The van der Waals surface area contributed by atoms with Crippen molar-refractivity contribution in [1.29, 1.82) is 5.26 Å². The lowest BCUT2D eigenvalue weighted by Crippen LogP contribution is -2.43. The Morgan fingerprint density at radius 3 is 2.19 bits per heavy atom. The molecule has 7 heteroatoms. The Bertz CT molecular complexity index is 1240. The summed E-state index contributed by atoms with van der Waals surface area (Å²) in [7, 11) is 0. The van der Waals surface area contributed by atoms with Crippen LogP contribution in [-0.4, -0.2) is 40.9 Å². The van der Waals surface area contributed by atoms with Gasteiger partial charge in [-0.2, -0.15) is 5.26 Å². The van der Waals surface area contributed by atoms with E-state index in [9.17, 15) is 14.9 Å². The number of hydrogen-bond acceptors (Lipinski definition) is 4. The lowest BCUT2D eigenvalue weighted by molar-refractivity contribution is -0.126. The van der Waals surface area contributed by atoms with Crippen LogP contribution >= 0.6 is 0 Å². The number of rotatable bonds is 8. The van der Waals surface area contributed by atoms with Crippen LogP contribution in [0, 0.1) is 31.1 Å². The van der Waals surface area contributed by atoms with Gasteiger partial charge in [-0.15, -0.1) is 0 Å². The lowest BCUT2D eigenvalue weighted by atomic mass is 9.96. The zero-order valence-corrected chi connectivity index (χ0v) is 21.0. The molecule has 3 aromatic rings. The van der Waals surface area contributed by atoms with Crippen molar-refractivity contribution in [1.82, 2.24) is 14.8 Å². The molecule has 0 atom stereocenters.